The third kappa shape index (κ3) is 11.0. The molecule has 27 nitrogen and oxygen atoms in total. The van der Waals surface area contributed by atoms with Crippen LogP contribution in [0, 0.1) is 5.92 Å². The number of pyridine rings is 3. The van der Waals surface area contributed by atoms with Gasteiger partial charge in [-0.3, -0.25) is 28.8 Å². The van der Waals surface area contributed by atoms with Crippen molar-refractivity contribution < 1.29 is 28.8 Å². The standard InChI is InChI=1S/C67H61N21O6/c1-2-57(89)83-24-6-9-41(38-83)65(92)71-32-43-28-47-60(50-36-78-87-53(50)11-4-21-75-87)39(30-69-63(47)81-43)15-17-59(91)85-26-8-14-56(85)67(94)73-34-44-29-48-61(51-37-79-88-54(51)12-5-22-76-88)40(31-70-64(48)82-44)16-18-58(90)84-25-7-13-55(84)66(93)72-33-42-27-46-45(19-23-68-62(46)80-42)49-35-77-86-52(49)10-3-20-74-86/h2-5,10-12,15-23,27-31,35-37,41,55-56H,1,6-9,13-14,24-26,32-34,38H2,(H,68,80)(H,69,81)(H,70,82)(H,71,92)(H,72,93)(H,73,94)/b17-15+,18-16+/t41-,55-,56+/m1/s1. The van der Waals surface area contributed by atoms with Crippen LogP contribution in [0.25, 0.3) is 95.2 Å². The SMILES string of the molecule is C=CC(=O)N1CCC[C@@H](C(=O)NCc2cc3c(-c4cnn5ncccc45)c(/C=C/C(=O)N4CCC[C@H]4C(=O)NCc4cc5c(-c6cnn7ncccc67)c(/C=C/C(=O)N6CCC[C@@H]6C(=O)NCc6cc7c(-c8cnn9ncccc89)ccnc7[nH]6)cnc5[nH]4)cnc3[nH]2)C1. The first kappa shape index (κ1) is 58.3. The molecule has 470 valence electrons. The minimum absolute atomic E-state index is 0.0857. The number of carbonyl (C=O) groups is 6. The van der Waals surface area contributed by atoms with E-state index in [1.807, 2.05) is 60.7 Å². The summed E-state index contributed by atoms with van der Waals surface area (Å²) in [7, 11) is 0. The Kier molecular flexibility index (Phi) is 15.3. The van der Waals surface area contributed by atoms with Crippen molar-refractivity contribution in [1.29, 1.82) is 0 Å². The van der Waals surface area contributed by atoms with E-state index in [1.54, 1.807) is 87.3 Å². The summed E-state index contributed by atoms with van der Waals surface area (Å²) in [5.41, 5.74) is 12.1. The predicted octanol–water partition coefficient (Wildman–Crippen LogP) is 6.13. The van der Waals surface area contributed by atoms with Crippen LogP contribution >= 0.6 is 0 Å². The van der Waals surface area contributed by atoms with Crippen molar-refractivity contribution in [3.63, 3.8) is 0 Å². The minimum atomic E-state index is -0.746. The largest absolute Gasteiger partial charge is 0.350 e. The lowest BCUT2D eigenvalue weighted by molar-refractivity contribution is -0.135. The van der Waals surface area contributed by atoms with E-state index < -0.39 is 12.1 Å². The number of aromatic nitrogens is 15. The molecule has 12 aromatic heterocycles. The molecule has 6 amide bonds. The van der Waals surface area contributed by atoms with E-state index in [2.05, 4.69) is 73.1 Å². The third-order valence-corrected chi connectivity index (χ3v) is 17.9. The molecule has 0 aromatic carbocycles. The fourth-order valence-corrected chi connectivity index (χ4v) is 13.4. The van der Waals surface area contributed by atoms with Gasteiger partial charge in [0.2, 0.25) is 35.4 Å². The number of hydrogen-bond acceptors (Lipinski definition) is 15. The molecule has 0 aliphatic carbocycles. The molecule has 12 aromatic rings. The molecule has 3 aliphatic rings. The molecule has 0 bridgehead atoms. The lowest BCUT2D eigenvalue weighted by Crippen LogP contribution is -2.45. The van der Waals surface area contributed by atoms with Gasteiger partial charge in [0.05, 0.1) is 60.7 Å². The van der Waals surface area contributed by atoms with E-state index >= 15 is 0 Å². The molecule has 3 saturated heterocycles. The molecule has 6 N–H and O–H groups in total. The molecule has 0 saturated carbocycles. The normalized spacial score (nSPS) is 16.9. The number of amides is 6. The molecule has 3 fully saturated rings. The molecule has 0 radical (unpaired) electrons. The molecule has 0 unspecified atom stereocenters. The fourth-order valence-electron chi connectivity index (χ4n) is 13.4. The van der Waals surface area contributed by atoms with Crippen LogP contribution in [-0.2, 0) is 48.4 Å². The van der Waals surface area contributed by atoms with E-state index in [0.29, 0.717) is 109 Å². The zero-order chi connectivity index (χ0) is 64.0. The van der Waals surface area contributed by atoms with E-state index in [9.17, 15) is 28.8 Å². The zero-order valence-electron chi connectivity index (χ0n) is 50.6. The molecule has 3 atom stereocenters. The van der Waals surface area contributed by atoms with E-state index in [-0.39, 0.29) is 61.0 Å². The van der Waals surface area contributed by atoms with Crippen molar-refractivity contribution in [2.75, 3.05) is 26.2 Å². The monoisotopic (exact) mass is 1260 g/mol. The van der Waals surface area contributed by atoms with Gasteiger partial charge >= 0.3 is 0 Å². The minimum Gasteiger partial charge on any atom is -0.350 e. The van der Waals surface area contributed by atoms with Crippen LogP contribution in [-0.4, -0.2) is 163 Å². The second-order valence-electron chi connectivity index (χ2n) is 23.6. The number of carbonyl (C=O) groups excluding carboxylic acids is 6. The molecular formula is C67H61N21O6. The van der Waals surface area contributed by atoms with Gasteiger partial charge in [0.1, 0.15) is 29.0 Å². The first-order chi connectivity index (χ1) is 46.0. The first-order valence-corrected chi connectivity index (χ1v) is 31.1. The summed E-state index contributed by atoms with van der Waals surface area (Å²) in [4.78, 5) is 111. The average Bonchev–Trinajstić information content (AvgIpc) is 1.61. The summed E-state index contributed by atoms with van der Waals surface area (Å²) in [6.45, 7) is 5.75. The van der Waals surface area contributed by atoms with Crippen LogP contribution in [0.15, 0.2) is 141 Å². The van der Waals surface area contributed by atoms with E-state index in [4.69, 9.17) is 9.97 Å². The summed E-state index contributed by atoms with van der Waals surface area (Å²) >= 11 is 0. The Morgan fingerprint density at radius 1 is 0.489 bits per heavy atom. The highest BCUT2D eigenvalue weighted by Gasteiger charge is 2.35. The van der Waals surface area contributed by atoms with Gasteiger partial charge in [0.15, 0.2) is 0 Å². The smallest absolute Gasteiger partial charge is 0.247 e. The lowest BCUT2D eigenvalue weighted by atomic mass is 9.97. The van der Waals surface area contributed by atoms with E-state index in [1.165, 1.54) is 27.5 Å². The summed E-state index contributed by atoms with van der Waals surface area (Å²) in [5, 5.41) is 38.0. The average molecular weight is 1260 g/mol. The molecule has 27 heteroatoms. The maximum atomic E-state index is 14.3. The molecule has 15 heterocycles. The second-order valence-corrected chi connectivity index (χ2v) is 23.6. The van der Waals surface area contributed by atoms with Crippen molar-refractivity contribution in [2.45, 2.75) is 70.2 Å². The highest BCUT2D eigenvalue weighted by molar-refractivity contribution is 6.06. The Morgan fingerprint density at radius 2 is 0.947 bits per heavy atom. The summed E-state index contributed by atoms with van der Waals surface area (Å²) in [6, 6.07) is 17.5. The fraction of sp³-hybridized carbons (Fsp3) is 0.239. The van der Waals surface area contributed by atoms with E-state index in [0.717, 1.165) is 67.3 Å². The molecule has 94 heavy (non-hydrogen) atoms. The molecule has 3 aliphatic heterocycles. The van der Waals surface area contributed by atoms with Crippen LogP contribution < -0.4 is 16.0 Å². The van der Waals surface area contributed by atoms with Crippen LogP contribution in [0.1, 0.15) is 66.7 Å². The Hall–Kier alpha value is -12.0. The van der Waals surface area contributed by atoms with Crippen molar-refractivity contribution in [3.05, 3.63) is 169 Å². The lowest BCUT2D eigenvalue weighted by Gasteiger charge is -2.31. The van der Waals surface area contributed by atoms with Gasteiger partial charge < -0.3 is 45.6 Å². The molecular weight excluding hydrogens is 1190 g/mol. The van der Waals surface area contributed by atoms with Crippen molar-refractivity contribution >= 4 is 97.2 Å². The van der Waals surface area contributed by atoms with Gasteiger partial charge in [-0.15, -0.1) is 0 Å². The van der Waals surface area contributed by atoms with Crippen LogP contribution in [0.4, 0.5) is 0 Å². The molecule has 0 spiro atoms. The third-order valence-electron chi connectivity index (χ3n) is 17.9. The number of aromatic amines is 3. The summed E-state index contributed by atoms with van der Waals surface area (Å²) < 4.78 is 4.62. The van der Waals surface area contributed by atoms with Crippen LogP contribution in [0.2, 0.25) is 0 Å². The maximum Gasteiger partial charge on any atom is 0.247 e. The topological polar surface area (TPSA) is 325 Å². The first-order valence-electron chi connectivity index (χ1n) is 31.1. The second kappa shape index (κ2) is 24.6. The van der Waals surface area contributed by atoms with Crippen LogP contribution in [0.3, 0.4) is 0 Å². The number of likely N-dealkylation sites (tertiary alicyclic amines) is 3. The van der Waals surface area contributed by atoms with Crippen molar-refractivity contribution in [2.24, 2.45) is 5.92 Å². The number of rotatable bonds is 17. The molecule has 15 rings (SSSR count). The quantitative estimate of drug-likeness (QED) is 0.0559. The Morgan fingerprint density at radius 3 is 1.46 bits per heavy atom. The number of piperidine rings is 1. The van der Waals surface area contributed by atoms with Gasteiger partial charge in [-0.05, 0) is 123 Å². The highest BCUT2D eigenvalue weighted by Crippen LogP contribution is 2.38. The number of nitrogens with one attached hydrogen (secondary N) is 6. The van der Waals surface area contributed by atoms with Crippen molar-refractivity contribution in [3.8, 4) is 33.4 Å². The Bertz CT molecular complexity index is 5080. The van der Waals surface area contributed by atoms with Gasteiger partial charge in [-0.1, -0.05) is 6.58 Å². The Labute approximate surface area is 534 Å². The summed E-state index contributed by atoms with van der Waals surface area (Å²) in [5.74, 6) is -1.96. The Balaban J connectivity index is 0.630. The van der Waals surface area contributed by atoms with Crippen molar-refractivity contribution in [1.82, 2.24) is 105 Å². The van der Waals surface area contributed by atoms with Gasteiger partial charge in [-0.25, -0.2) is 15.0 Å². The highest BCUT2D eigenvalue weighted by atomic mass is 16.2. The van der Waals surface area contributed by atoms with Gasteiger partial charge in [-0.2, -0.15) is 44.5 Å². The number of nitrogens with zero attached hydrogens (tertiary/aromatic N) is 15. The zero-order valence-corrected chi connectivity index (χ0v) is 50.6. The maximum absolute atomic E-state index is 14.3. The number of H-pyrrole nitrogens is 3. The van der Waals surface area contributed by atoms with Crippen LogP contribution in [0.5, 0.6) is 0 Å². The summed E-state index contributed by atoms with van der Waals surface area (Å²) in [6.07, 6.45) is 26.5. The number of fused-ring (bicyclic) bond motifs is 6. The van der Waals surface area contributed by atoms with Gasteiger partial charge in [0, 0.05) is 148 Å². The number of hydrogen-bond donors (Lipinski definition) is 6. The van der Waals surface area contributed by atoms with Gasteiger partial charge in [0.25, 0.3) is 0 Å². The predicted molar refractivity (Wildman–Crippen MR) is 347 cm³/mol.